The van der Waals surface area contributed by atoms with Crippen LogP contribution in [0.3, 0.4) is 0 Å². The van der Waals surface area contributed by atoms with Gasteiger partial charge in [-0.1, -0.05) is 30.3 Å². The number of nitrogens with one attached hydrogen (secondary N) is 1. The third-order valence-corrected chi connectivity index (χ3v) is 5.45. The van der Waals surface area contributed by atoms with Crippen LogP contribution < -0.4 is 10.5 Å². The summed E-state index contributed by atoms with van der Waals surface area (Å²) in [5.41, 5.74) is 1.19. The van der Waals surface area contributed by atoms with Crippen LogP contribution in [0.1, 0.15) is 20.8 Å². The third kappa shape index (κ3) is 4.01. The van der Waals surface area contributed by atoms with Gasteiger partial charge in [0.2, 0.25) is 0 Å². The van der Waals surface area contributed by atoms with Crippen LogP contribution in [-0.2, 0) is 4.74 Å². The number of aromatic nitrogens is 2. The number of carbonyl (C=O) groups is 2. The van der Waals surface area contributed by atoms with Crippen molar-refractivity contribution in [3.05, 3.63) is 58.9 Å². The summed E-state index contributed by atoms with van der Waals surface area (Å²) < 4.78 is 5.42. The predicted molar refractivity (Wildman–Crippen MR) is 120 cm³/mol. The molecule has 9 nitrogen and oxygen atoms in total. The fourth-order valence-electron chi connectivity index (χ4n) is 3.80. The Morgan fingerprint density at radius 2 is 1.81 bits per heavy atom. The van der Waals surface area contributed by atoms with Crippen LogP contribution in [0.2, 0.25) is 0 Å². The van der Waals surface area contributed by atoms with Crippen molar-refractivity contribution in [2.24, 2.45) is 0 Å². The Balaban J connectivity index is 1.55. The van der Waals surface area contributed by atoms with Crippen molar-refractivity contribution in [3.63, 3.8) is 0 Å². The average molecular weight is 436 g/mol. The molecule has 0 aliphatic carbocycles. The van der Waals surface area contributed by atoms with Gasteiger partial charge in [0.05, 0.1) is 24.2 Å². The lowest BCUT2D eigenvalue weighted by molar-refractivity contribution is 0.0605. The molecule has 2 aromatic carbocycles. The first kappa shape index (κ1) is 21.4. The Morgan fingerprint density at radius 1 is 1.16 bits per heavy atom. The van der Waals surface area contributed by atoms with Crippen molar-refractivity contribution in [1.29, 1.82) is 0 Å². The van der Waals surface area contributed by atoms with Gasteiger partial charge >= 0.3 is 12.2 Å². The SMILES string of the molecule is CC(C)(C)N(CC1CN(c2ccc(-c3n[nH]c(=O)c4ccccc34)cc2)C(=O)O1)C(=O)O. The number of ether oxygens (including phenoxy) is 1. The summed E-state index contributed by atoms with van der Waals surface area (Å²) in [6, 6.07) is 14.4. The van der Waals surface area contributed by atoms with E-state index in [2.05, 4.69) is 10.2 Å². The predicted octanol–water partition coefficient (Wildman–Crippen LogP) is 3.69. The Labute approximate surface area is 184 Å². The minimum Gasteiger partial charge on any atom is -0.465 e. The van der Waals surface area contributed by atoms with E-state index in [1.165, 1.54) is 9.80 Å². The molecule has 1 aliphatic heterocycles. The monoisotopic (exact) mass is 436 g/mol. The molecule has 0 saturated carbocycles. The maximum absolute atomic E-state index is 12.4. The first-order valence-electron chi connectivity index (χ1n) is 10.2. The zero-order valence-corrected chi connectivity index (χ0v) is 18.0. The Hall–Kier alpha value is -3.88. The van der Waals surface area contributed by atoms with Gasteiger partial charge in [0.1, 0.15) is 6.10 Å². The molecule has 166 valence electrons. The van der Waals surface area contributed by atoms with Crippen LogP contribution in [0.4, 0.5) is 15.3 Å². The second-order valence-electron chi connectivity index (χ2n) is 8.67. The second-order valence-corrected chi connectivity index (χ2v) is 8.67. The van der Waals surface area contributed by atoms with E-state index in [9.17, 15) is 19.5 Å². The van der Waals surface area contributed by atoms with Gasteiger partial charge in [-0.15, -0.1) is 0 Å². The van der Waals surface area contributed by atoms with Gasteiger partial charge in [-0.25, -0.2) is 14.7 Å². The van der Waals surface area contributed by atoms with Gasteiger partial charge < -0.3 is 9.84 Å². The summed E-state index contributed by atoms with van der Waals surface area (Å²) in [6.45, 7) is 5.72. The molecular weight excluding hydrogens is 412 g/mol. The van der Waals surface area contributed by atoms with Crippen LogP contribution in [0.15, 0.2) is 53.3 Å². The van der Waals surface area contributed by atoms with E-state index in [4.69, 9.17) is 4.74 Å². The minimum absolute atomic E-state index is 0.0897. The lowest BCUT2D eigenvalue weighted by atomic mass is 10.0. The zero-order chi connectivity index (χ0) is 23.0. The average Bonchev–Trinajstić information content (AvgIpc) is 3.12. The fraction of sp³-hybridized carbons (Fsp3) is 0.304. The molecule has 0 bridgehead atoms. The standard InChI is InChI=1S/C23H24N4O5/c1-23(2,3)27(21(29)30)13-16-12-26(22(31)32-16)15-10-8-14(9-11-15)19-17-6-4-5-7-18(17)20(28)25-24-19/h4-11,16H,12-13H2,1-3H3,(H,25,28)(H,29,30). The molecule has 9 heteroatoms. The highest BCUT2D eigenvalue weighted by atomic mass is 16.6. The van der Waals surface area contributed by atoms with Gasteiger partial charge in [-0.05, 0) is 39.0 Å². The number of H-pyrrole nitrogens is 1. The van der Waals surface area contributed by atoms with Crippen molar-refractivity contribution < 1.29 is 19.4 Å². The Bertz CT molecular complexity index is 1230. The highest BCUT2D eigenvalue weighted by molar-refractivity contribution is 5.94. The van der Waals surface area contributed by atoms with E-state index < -0.39 is 23.8 Å². The lowest BCUT2D eigenvalue weighted by Crippen LogP contribution is -2.49. The molecule has 1 atom stereocenters. The van der Waals surface area contributed by atoms with E-state index in [1.54, 1.807) is 45.0 Å². The fourth-order valence-corrected chi connectivity index (χ4v) is 3.80. The number of carbonyl (C=O) groups excluding carboxylic acids is 1. The molecule has 0 spiro atoms. The summed E-state index contributed by atoms with van der Waals surface area (Å²) in [5, 5.41) is 17.5. The van der Waals surface area contributed by atoms with Gasteiger partial charge in [-0.3, -0.25) is 14.6 Å². The summed E-state index contributed by atoms with van der Waals surface area (Å²) in [4.78, 5) is 38.8. The highest BCUT2D eigenvalue weighted by Gasteiger charge is 2.37. The molecule has 2 heterocycles. The number of hydrogen-bond donors (Lipinski definition) is 2. The number of fused-ring (bicyclic) bond motifs is 1. The summed E-state index contributed by atoms with van der Waals surface area (Å²) in [7, 11) is 0. The van der Waals surface area contributed by atoms with E-state index in [0.717, 1.165) is 10.9 Å². The normalized spacial score (nSPS) is 16.3. The molecule has 1 aliphatic rings. The van der Waals surface area contributed by atoms with E-state index in [-0.39, 0.29) is 18.6 Å². The number of benzene rings is 2. The number of cyclic esters (lactones) is 1. The van der Waals surface area contributed by atoms with Crippen LogP contribution in [0, 0.1) is 0 Å². The second kappa shape index (κ2) is 7.99. The molecule has 1 unspecified atom stereocenters. The maximum atomic E-state index is 12.4. The molecule has 1 saturated heterocycles. The van der Waals surface area contributed by atoms with Crippen LogP contribution in [-0.4, -0.2) is 57.1 Å². The summed E-state index contributed by atoms with van der Waals surface area (Å²) in [6.07, 6.45) is -2.14. The molecule has 32 heavy (non-hydrogen) atoms. The van der Waals surface area contributed by atoms with Gasteiger partial charge in [0.25, 0.3) is 5.56 Å². The number of amides is 2. The first-order valence-corrected chi connectivity index (χ1v) is 10.2. The van der Waals surface area contributed by atoms with Crippen LogP contribution in [0.5, 0.6) is 0 Å². The molecular formula is C23H24N4O5. The van der Waals surface area contributed by atoms with Crippen molar-refractivity contribution in [1.82, 2.24) is 15.1 Å². The quantitative estimate of drug-likeness (QED) is 0.644. The van der Waals surface area contributed by atoms with Crippen LogP contribution in [0.25, 0.3) is 22.0 Å². The molecule has 0 radical (unpaired) electrons. The largest absolute Gasteiger partial charge is 0.465 e. The highest BCUT2D eigenvalue weighted by Crippen LogP contribution is 2.29. The molecule has 2 N–H and O–H groups in total. The first-order chi connectivity index (χ1) is 15.1. The van der Waals surface area contributed by atoms with Crippen molar-refractivity contribution in [3.8, 4) is 11.3 Å². The van der Waals surface area contributed by atoms with Crippen molar-refractivity contribution >= 4 is 28.6 Å². The lowest BCUT2D eigenvalue weighted by Gasteiger charge is -2.34. The van der Waals surface area contributed by atoms with Crippen molar-refractivity contribution in [2.45, 2.75) is 32.4 Å². The summed E-state index contributed by atoms with van der Waals surface area (Å²) >= 11 is 0. The smallest absolute Gasteiger partial charge is 0.414 e. The minimum atomic E-state index is -1.06. The molecule has 3 aromatic rings. The third-order valence-electron chi connectivity index (χ3n) is 5.45. The van der Waals surface area contributed by atoms with E-state index in [0.29, 0.717) is 16.8 Å². The van der Waals surface area contributed by atoms with Crippen molar-refractivity contribution in [2.75, 3.05) is 18.0 Å². The number of nitrogens with zero attached hydrogens (tertiary/aromatic N) is 3. The summed E-state index contributed by atoms with van der Waals surface area (Å²) in [5.74, 6) is 0. The van der Waals surface area contributed by atoms with Gasteiger partial charge in [-0.2, -0.15) is 5.10 Å². The Morgan fingerprint density at radius 3 is 2.44 bits per heavy atom. The number of aromatic amines is 1. The number of carboxylic acid groups (broad SMARTS) is 1. The van der Waals surface area contributed by atoms with E-state index >= 15 is 0 Å². The number of rotatable bonds is 4. The number of hydrogen-bond acceptors (Lipinski definition) is 5. The Kier molecular flexibility index (Phi) is 5.33. The topological polar surface area (TPSA) is 116 Å². The van der Waals surface area contributed by atoms with Gasteiger partial charge in [0.15, 0.2) is 0 Å². The van der Waals surface area contributed by atoms with Crippen LogP contribution >= 0.6 is 0 Å². The maximum Gasteiger partial charge on any atom is 0.414 e. The zero-order valence-electron chi connectivity index (χ0n) is 18.0. The molecule has 2 amide bonds. The molecule has 1 aromatic heterocycles. The molecule has 4 rings (SSSR count). The van der Waals surface area contributed by atoms with Gasteiger partial charge in [0, 0.05) is 22.2 Å². The number of anilines is 1. The van der Waals surface area contributed by atoms with E-state index in [1.807, 2.05) is 24.3 Å². The molecule has 1 fully saturated rings.